The zero-order valence-electron chi connectivity index (χ0n) is 18.3. The number of hydrogen-bond acceptors (Lipinski definition) is 6. The Labute approximate surface area is 197 Å². The van der Waals surface area contributed by atoms with E-state index in [2.05, 4.69) is 15.4 Å². The molecule has 3 heterocycles. The molecule has 10 nitrogen and oxygen atoms in total. The van der Waals surface area contributed by atoms with Gasteiger partial charge in [-0.2, -0.15) is 5.10 Å². The Kier molecular flexibility index (Phi) is 5.65. The van der Waals surface area contributed by atoms with Gasteiger partial charge in [-0.05, 0) is 29.8 Å². The lowest BCUT2D eigenvalue weighted by atomic mass is 10.1. The number of benzene rings is 2. The monoisotopic (exact) mass is 474 g/mol. The summed E-state index contributed by atoms with van der Waals surface area (Å²) in [5.41, 5.74) is 1.21. The van der Waals surface area contributed by atoms with Gasteiger partial charge in [-0.15, -0.1) is 0 Å². The van der Waals surface area contributed by atoms with Crippen LogP contribution in [0.3, 0.4) is 0 Å². The van der Waals surface area contributed by atoms with E-state index >= 15 is 0 Å². The van der Waals surface area contributed by atoms with Gasteiger partial charge in [0.25, 0.3) is 17.4 Å². The highest BCUT2D eigenvalue weighted by Gasteiger charge is 2.36. The molecule has 1 aliphatic heterocycles. The van der Waals surface area contributed by atoms with E-state index in [4.69, 9.17) is 0 Å². The molecule has 0 saturated heterocycles. The average molecular weight is 474 g/mol. The van der Waals surface area contributed by atoms with E-state index < -0.39 is 24.3 Å². The summed E-state index contributed by atoms with van der Waals surface area (Å²) in [6.07, 6.45) is 2.77. The molecule has 4 aromatic rings. The SMILES string of the molecule is O=C(CN1C(=O)c2ccccc2C1=O)NCCn1ncc2c(=O)n(Cc3cccc(F)c3)cnc21. The van der Waals surface area contributed by atoms with Crippen LogP contribution in [0.25, 0.3) is 11.0 Å². The van der Waals surface area contributed by atoms with E-state index in [-0.39, 0.29) is 42.1 Å². The van der Waals surface area contributed by atoms with Crippen molar-refractivity contribution in [2.75, 3.05) is 13.1 Å². The van der Waals surface area contributed by atoms with Crippen LogP contribution in [-0.2, 0) is 17.9 Å². The maximum Gasteiger partial charge on any atom is 0.264 e. The molecule has 3 amide bonds. The van der Waals surface area contributed by atoms with Gasteiger partial charge in [-0.25, -0.2) is 14.1 Å². The third-order valence-corrected chi connectivity index (χ3v) is 5.69. The molecule has 2 aromatic carbocycles. The summed E-state index contributed by atoms with van der Waals surface area (Å²) in [5, 5.41) is 7.13. The van der Waals surface area contributed by atoms with Crippen molar-refractivity contribution >= 4 is 28.8 Å². The van der Waals surface area contributed by atoms with Crippen LogP contribution >= 0.6 is 0 Å². The Morgan fingerprint density at radius 1 is 1.00 bits per heavy atom. The van der Waals surface area contributed by atoms with E-state index in [1.54, 1.807) is 36.4 Å². The summed E-state index contributed by atoms with van der Waals surface area (Å²) < 4.78 is 16.3. The first-order chi connectivity index (χ1) is 16.9. The van der Waals surface area contributed by atoms with Crippen molar-refractivity contribution in [3.63, 3.8) is 0 Å². The Morgan fingerprint density at radius 2 is 1.74 bits per heavy atom. The van der Waals surface area contributed by atoms with Gasteiger partial charge >= 0.3 is 0 Å². The molecule has 11 heteroatoms. The van der Waals surface area contributed by atoms with Crippen LogP contribution < -0.4 is 10.9 Å². The number of nitrogens with zero attached hydrogens (tertiary/aromatic N) is 5. The van der Waals surface area contributed by atoms with Gasteiger partial charge in [0.2, 0.25) is 5.91 Å². The van der Waals surface area contributed by atoms with E-state index in [0.717, 1.165) is 4.90 Å². The highest BCUT2D eigenvalue weighted by Crippen LogP contribution is 2.21. The second-order valence-electron chi connectivity index (χ2n) is 8.00. The number of halogens is 1. The molecule has 35 heavy (non-hydrogen) atoms. The highest BCUT2D eigenvalue weighted by atomic mass is 19.1. The summed E-state index contributed by atoms with van der Waals surface area (Å²) in [6, 6.07) is 12.4. The average Bonchev–Trinajstić information content (AvgIpc) is 3.36. The van der Waals surface area contributed by atoms with Gasteiger partial charge in [0, 0.05) is 6.54 Å². The quantitative estimate of drug-likeness (QED) is 0.402. The number of carbonyl (C=O) groups is 3. The van der Waals surface area contributed by atoms with Crippen molar-refractivity contribution < 1.29 is 18.8 Å². The predicted octanol–water partition coefficient (Wildman–Crippen LogP) is 1.19. The van der Waals surface area contributed by atoms with E-state index in [1.807, 2.05) is 0 Å². The molecule has 1 N–H and O–H groups in total. The Morgan fingerprint density at radius 3 is 2.46 bits per heavy atom. The first kappa shape index (κ1) is 22.1. The van der Waals surface area contributed by atoms with Crippen molar-refractivity contribution in [3.8, 4) is 0 Å². The smallest absolute Gasteiger partial charge is 0.264 e. The minimum absolute atomic E-state index is 0.146. The number of aromatic nitrogens is 4. The minimum atomic E-state index is -0.502. The number of fused-ring (bicyclic) bond motifs is 2. The first-order valence-corrected chi connectivity index (χ1v) is 10.8. The van der Waals surface area contributed by atoms with Crippen LogP contribution in [0.15, 0.2) is 65.8 Å². The van der Waals surface area contributed by atoms with Crippen LogP contribution in [0.4, 0.5) is 4.39 Å². The van der Waals surface area contributed by atoms with Crippen LogP contribution in [-0.4, -0.2) is 55.0 Å². The van der Waals surface area contributed by atoms with Gasteiger partial charge in [0.1, 0.15) is 24.1 Å². The van der Waals surface area contributed by atoms with E-state index in [0.29, 0.717) is 16.6 Å². The fraction of sp³-hybridized carbons (Fsp3) is 0.167. The standard InChI is InChI=1S/C24H19FN6O4/c25-16-5-3-4-15(10-16)12-29-14-27-21-19(22(29)33)11-28-31(21)9-8-26-20(32)13-30-23(34)17-6-1-2-7-18(17)24(30)35/h1-7,10-11,14H,8-9,12-13H2,(H,26,32). The van der Waals surface area contributed by atoms with Gasteiger partial charge in [0.05, 0.1) is 30.4 Å². The fourth-order valence-corrected chi connectivity index (χ4v) is 3.99. The van der Waals surface area contributed by atoms with E-state index in [9.17, 15) is 23.6 Å². The first-order valence-electron chi connectivity index (χ1n) is 10.8. The third-order valence-electron chi connectivity index (χ3n) is 5.69. The molecule has 176 valence electrons. The molecule has 2 aromatic heterocycles. The maximum atomic E-state index is 13.4. The second kappa shape index (κ2) is 8.93. The third kappa shape index (κ3) is 4.19. The van der Waals surface area contributed by atoms with Crippen LogP contribution in [0.5, 0.6) is 0 Å². The van der Waals surface area contributed by atoms with Crippen molar-refractivity contribution in [3.05, 3.63) is 93.9 Å². The number of imide groups is 1. The number of carbonyl (C=O) groups excluding carboxylic acids is 3. The van der Waals surface area contributed by atoms with Gasteiger partial charge in [-0.3, -0.25) is 28.6 Å². The van der Waals surface area contributed by atoms with Crippen molar-refractivity contribution in [1.82, 2.24) is 29.5 Å². The van der Waals surface area contributed by atoms with E-state index in [1.165, 1.54) is 33.9 Å². The lowest BCUT2D eigenvalue weighted by molar-refractivity contribution is -0.121. The normalized spacial score (nSPS) is 12.9. The van der Waals surface area contributed by atoms with Gasteiger partial charge < -0.3 is 5.32 Å². The number of hydrogen-bond donors (Lipinski definition) is 1. The summed E-state index contributed by atoms with van der Waals surface area (Å²) >= 11 is 0. The molecule has 0 spiro atoms. The molecule has 5 rings (SSSR count). The van der Waals surface area contributed by atoms with Crippen molar-refractivity contribution in [1.29, 1.82) is 0 Å². The molecular weight excluding hydrogens is 455 g/mol. The molecule has 0 bridgehead atoms. The lowest BCUT2D eigenvalue weighted by Crippen LogP contribution is -2.41. The van der Waals surface area contributed by atoms with Crippen LogP contribution in [0, 0.1) is 5.82 Å². The second-order valence-corrected chi connectivity index (χ2v) is 8.00. The molecule has 1 aliphatic rings. The minimum Gasteiger partial charge on any atom is -0.353 e. The summed E-state index contributed by atoms with van der Waals surface area (Å²) in [5.74, 6) is -1.89. The topological polar surface area (TPSA) is 119 Å². The molecule has 0 aliphatic carbocycles. The van der Waals surface area contributed by atoms with Gasteiger partial charge in [0.15, 0.2) is 5.65 Å². The lowest BCUT2D eigenvalue weighted by Gasteiger charge is -2.13. The summed E-state index contributed by atoms with van der Waals surface area (Å²) in [4.78, 5) is 55.1. The molecule has 0 saturated carbocycles. The zero-order valence-corrected chi connectivity index (χ0v) is 18.3. The van der Waals surface area contributed by atoms with Gasteiger partial charge in [-0.1, -0.05) is 24.3 Å². The molecular formula is C24H19FN6O4. The fourth-order valence-electron chi connectivity index (χ4n) is 3.99. The Hall–Kier alpha value is -4.67. The molecule has 0 unspecified atom stereocenters. The Bertz CT molecular complexity index is 1510. The number of nitrogens with one attached hydrogen (secondary N) is 1. The predicted molar refractivity (Wildman–Crippen MR) is 122 cm³/mol. The summed E-state index contributed by atoms with van der Waals surface area (Å²) in [6.45, 7) is 0.137. The summed E-state index contributed by atoms with van der Waals surface area (Å²) in [7, 11) is 0. The Balaban J connectivity index is 1.21. The number of amides is 3. The zero-order chi connectivity index (χ0) is 24.5. The largest absolute Gasteiger partial charge is 0.353 e. The highest BCUT2D eigenvalue weighted by molar-refractivity contribution is 6.22. The van der Waals surface area contributed by atoms with Crippen LogP contribution in [0.1, 0.15) is 26.3 Å². The van der Waals surface area contributed by atoms with Crippen LogP contribution in [0.2, 0.25) is 0 Å². The number of rotatable bonds is 7. The van der Waals surface area contributed by atoms with Crippen molar-refractivity contribution in [2.24, 2.45) is 0 Å². The van der Waals surface area contributed by atoms with Crippen molar-refractivity contribution in [2.45, 2.75) is 13.1 Å². The molecule has 0 atom stereocenters. The molecule has 0 fully saturated rings. The maximum absolute atomic E-state index is 13.4. The molecule has 0 radical (unpaired) electrons.